The van der Waals surface area contributed by atoms with Gasteiger partial charge in [0.15, 0.2) is 0 Å². The van der Waals surface area contributed by atoms with Crippen LogP contribution in [-0.2, 0) is 0 Å². The summed E-state index contributed by atoms with van der Waals surface area (Å²) in [6.45, 7) is 5.24. The van der Waals surface area contributed by atoms with Gasteiger partial charge in [0.1, 0.15) is 0 Å². The van der Waals surface area contributed by atoms with Crippen molar-refractivity contribution < 1.29 is 8.78 Å². The predicted molar refractivity (Wildman–Crippen MR) is 61.8 cm³/mol. The summed E-state index contributed by atoms with van der Waals surface area (Å²) < 4.78 is 24.5. The van der Waals surface area contributed by atoms with Crippen LogP contribution in [0.1, 0.15) is 19.3 Å². The summed E-state index contributed by atoms with van der Waals surface area (Å²) >= 11 is 0. The van der Waals surface area contributed by atoms with Crippen molar-refractivity contribution in [1.82, 2.24) is 9.80 Å². The van der Waals surface area contributed by atoms with Crippen molar-refractivity contribution in [2.45, 2.75) is 25.7 Å². The molecule has 0 saturated carbocycles. The van der Waals surface area contributed by atoms with Gasteiger partial charge in [0.05, 0.1) is 6.54 Å². The monoisotopic (exact) mass is 235 g/mol. The molecule has 1 aliphatic heterocycles. The third-order valence-corrected chi connectivity index (χ3v) is 3.01. The third-order valence-electron chi connectivity index (χ3n) is 3.01. The number of alkyl halides is 2. The highest BCUT2D eigenvalue weighted by Crippen LogP contribution is 2.06. The van der Waals surface area contributed by atoms with Gasteiger partial charge < -0.3 is 10.6 Å². The first-order chi connectivity index (χ1) is 7.72. The quantitative estimate of drug-likeness (QED) is 0.697. The minimum atomic E-state index is -2.20. The van der Waals surface area contributed by atoms with Crippen molar-refractivity contribution in [3.8, 4) is 0 Å². The highest BCUT2D eigenvalue weighted by Gasteiger charge is 2.17. The number of nitrogens with two attached hydrogens (primary N) is 1. The van der Waals surface area contributed by atoms with Crippen molar-refractivity contribution in [1.29, 1.82) is 0 Å². The number of halogens is 2. The Kier molecular flexibility index (Phi) is 6.84. The Hall–Kier alpha value is -0.260. The van der Waals surface area contributed by atoms with E-state index in [4.69, 9.17) is 5.73 Å². The van der Waals surface area contributed by atoms with Gasteiger partial charge >= 0.3 is 0 Å². The van der Waals surface area contributed by atoms with Crippen molar-refractivity contribution in [2.24, 2.45) is 5.73 Å². The molecular weight excluding hydrogens is 212 g/mol. The van der Waals surface area contributed by atoms with E-state index < -0.39 is 6.43 Å². The summed E-state index contributed by atoms with van der Waals surface area (Å²) in [5.41, 5.74) is 5.44. The standard InChI is InChI=1S/C11H23F2N3/c12-11(13)10-16-7-3-6-15(8-9-16)5-2-1-4-14/h11H,1-10,14H2. The molecule has 1 aliphatic rings. The highest BCUT2D eigenvalue weighted by molar-refractivity contribution is 4.70. The molecule has 0 bridgehead atoms. The Balaban J connectivity index is 2.18. The molecular formula is C11H23F2N3. The number of nitrogens with zero attached hydrogens (tertiary/aromatic N) is 2. The molecule has 0 amide bonds. The second-order valence-corrected chi connectivity index (χ2v) is 4.38. The topological polar surface area (TPSA) is 32.5 Å². The van der Waals surface area contributed by atoms with E-state index in [-0.39, 0.29) is 6.54 Å². The molecule has 2 N–H and O–H groups in total. The summed E-state index contributed by atoms with van der Waals surface area (Å²) in [5, 5.41) is 0. The fourth-order valence-corrected chi connectivity index (χ4v) is 2.11. The van der Waals surface area contributed by atoms with Crippen LogP contribution < -0.4 is 5.73 Å². The maximum Gasteiger partial charge on any atom is 0.251 e. The molecule has 0 aromatic rings. The maximum atomic E-state index is 12.2. The molecule has 5 heteroatoms. The van der Waals surface area contributed by atoms with Crippen molar-refractivity contribution in [3.63, 3.8) is 0 Å². The van der Waals surface area contributed by atoms with Gasteiger partial charge in [-0.15, -0.1) is 0 Å². The van der Waals surface area contributed by atoms with Crippen LogP contribution in [0.25, 0.3) is 0 Å². The zero-order valence-electron chi connectivity index (χ0n) is 9.88. The number of unbranched alkanes of at least 4 members (excludes halogenated alkanes) is 1. The molecule has 1 heterocycles. The molecule has 0 aliphatic carbocycles. The minimum absolute atomic E-state index is 0.0728. The van der Waals surface area contributed by atoms with E-state index in [0.29, 0.717) is 0 Å². The maximum absolute atomic E-state index is 12.2. The van der Waals surface area contributed by atoms with Crippen molar-refractivity contribution >= 4 is 0 Å². The lowest BCUT2D eigenvalue weighted by Crippen LogP contribution is -2.34. The molecule has 16 heavy (non-hydrogen) atoms. The van der Waals surface area contributed by atoms with Crippen LogP contribution in [0.15, 0.2) is 0 Å². The van der Waals surface area contributed by atoms with E-state index in [2.05, 4.69) is 4.90 Å². The van der Waals surface area contributed by atoms with Crippen LogP contribution in [-0.4, -0.2) is 62.0 Å². The van der Waals surface area contributed by atoms with Gasteiger partial charge in [-0.25, -0.2) is 8.78 Å². The molecule has 1 rings (SSSR count). The molecule has 0 unspecified atom stereocenters. The summed E-state index contributed by atoms with van der Waals surface area (Å²) in [6, 6.07) is 0. The fraction of sp³-hybridized carbons (Fsp3) is 1.00. The smallest absolute Gasteiger partial charge is 0.251 e. The lowest BCUT2D eigenvalue weighted by molar-refractivity contribution is 0.0898. The average Bonchev–Trinajstić information content (AvgIpc) is 2.44. The van der Waals surface area contributed by atoms with Gasteiger partial charge in [-0.05, 0) is 45.4 Å². The fourth-order valence-electron chi connectivity index (χ4n) is 2.11. The van der Waals surface area contributed by atoms with Gasteiger partial charge in [-0.3, -0.25) is 4.90 Å². The summed E-state index contributed by atoms with van der Waals surface area (Å²) in [5.74, 6) is 0. The van der Waals surface area contributed by atoms with E-state index in [1.54, 1.807) is 0 Å². The molecule has 96 valence electrons. The van der Waals surface area contributed by atoms with E-state index in [1.165, 1.54) is 0 Å². The lowest BCUT2D eigenvalue weighted by atomic mass is 10.3. The molecule has 0 radical (unpaired) electrons. The summed E-state index contributed by atoms with van der Waals surface area (Å²) in [4.78, 5) is 4.23. The molecule has 0 spiro atoms. The molecule has 0 atom stereocenters. The van der Waals surface area contributed by atoms with E-state index >= 15 is 0 Å². The van der Waals surface area contributed by atoms with Crippen molar-refractivity contribution in [2.75, 3.05) is 45.8 Å². The minimum Gasteiger partial charge on any atom is -0.330 e. The Morgan fingerprint density at radius 3 is 2.38 bits per heavy atom. The number of rotatable bonds is 6. The normalized spacial score (nSPS) is 20.2. The zero-order valence-corrected chi connectivity index (χ0v) is 9.88. The average molecular weight is 235 g/mol. The Morgan fingerprint density at radius 2 is 1.69 bits per heavy atom. The third kappa shape index (κ3) is 5.72. The zero-order chi connectivity index (χ0) is 11.8. The Bertz CT molecular complexity index is 179. The van der Waals surface area contributed by atoms with Gasteiger partial charge in [-0.2, -0.15) is 0 Å². The van der Waals surface area contributed by atoms with Crippen LogP contribution in [0.5, 0.6) is 0 Å². The van der Waals surface area contributed by atoms with Gasteiger partial charge in [0.25, 0.3) is 6.43 Å². The first-order valence-corrected chi connectivity index (χ1v) is 6.15. The SMILES string of the molecule is NCCCCN1CCCN(CC(F)F)CC1. The molecule has 0 aromatic heterocycles. The predicted octanol–water partition coefficient (Wildman–Crippen LogP) is 0.998. The summed E-state index contributed by atoms with van der Waals surface area (Å²) in [7, 11) is 0. The largest absolute Gasteiger partial charge is 0.330 e. The van der Waals surface area contributed by atoms with Crippen LogP contribution in [0.4, 0.5) is 8.78 Å². The Morgan fingerprint density at radius 1 is 1.00 bits per heavy atom. The van der Waals surface area contributed by atoms with Gasteiger partial charge in [0.2, 0.25) is 0 Å². The molecule has 1 saturated heterocycles. The van der Waals surface area contributed by atoms with Crippen LogP contribution >= 0.6 is 0 Å². The van der Waals surface area contributed by atoms with Crippen molar-refractivity contribution in [3.05, 3.63) is 0 Å². The van der Waals surface area contributed by atoms with Gasteiger partial charge in [0, 0.05) is 13.1 Å². The first-order valence-electron chi connectivity index (χ1n) is 6.15. The second kappa shape index (κ2) is 7.92. The van der Waals surface area contributed by atoms with Gasteiger partial charge in [-0.1, -0.05) is 0 Å². The number of hydrogen-bond donors (Lipinski definition) is 1. The molecule has 0 aromatic carbocycles. The summed E-state index contributed by atoms with van der Waals surface area (Å²) in [6.07, 6.45) is 0.960. The molecule has 3 nitrogen and oxygen atoms in total. The lowest BCUT2D eigenvalue weighted by Gasteiger charge is -2.21. The number of hydrogen-bond acceptors (Lipinski definition) is 3. The van der Waals surface area contributed by atoms with Crippen LogP contribution in [0.3, 0.4) is 0 Å². The van der Waals surface area contributed by atoms with E-state index in [0.717, 1.165) is 58.5 Å². The second-order valence-electron chi connectivity index (χ2n) is 4.38. The van der Waals surface area contributed by atoms with E-state index in [1.807, 2.05) is 4.90 Å². The highest BCUT2D eigenvalue weighted by atomic mass is 19.3. The van der Waals surface area contributed by atoms with Crippen LogP contribution in [0, 0.1) is 0 Å². The van der Waals surface area contributed by atoms with Crippen LogP contribution in [0.2, 0.25) is 0 Å². The first kappa shape index (κ1) is 13.8. The van der Waals surface area contributed by atoms with E-state index in [9.17, 15) is 8.78 Å². The molecule has 1 fully saturated rings. The Labute approximate surface area is 96.6 Å².